The topological polar surface area (TPSA) is 84.5 Å². The fourth-order valence-electron chi connectivity index (χ4n) is 3.20. The van der Waals surface area contributed by atoms with Crippen molar-refractivity contribution in [2.24, 2.45) is 0 Å². The molecule has 1 atom stereocenters. The number of rotatable bonds is 6. The van der Waals surface area contributed by atoms with Crippen molar-refractivity contribution < 1.29 is 4.79 Å². The van der Waals surface area contributed by atoms with E-state index in [4.69, 9.17) is 0 Å². The molecular weight excluding hydrogens is 354 g/mol. The number of aromatic nitrogens is 4. The minimum Gasteiger partial charge on any atom is -0.303 e. The molecule has 6 nitrogen and oxygen atoms in total. The van der Waals surface area contributed by atoms with Gasteiger partial charge < -0.3 is 4.57 Å². The maximum absolute atomic E-state index is 12.5. The number of hydrogen-bond acceptors (Lipinski definition) is 7. The second-order valence-electron chi connectivity index (χ2n) is 6.34. The number of carbonyl (C=O) groups is 1. The number of Topliss-reactive ketones (excluding diaryl/α,β-unsaturated/α-hetero) is 1. The second-order valence-corrected chi connectivity index (χ2v) is 8.17. The molecule has 1 aliphatic rings. The van der Waals surface area contributed by atoms with Gasteiger partial charge in [0.25, 0.3) is 0 Å². The fraction of sp³-hybridized carbons (Fsp3) is 0.588. The van der Waals surface area contributed by atoms with Crippen LogP contribution in [0.4, 0.5) is 0 Å². The highest BCUT2D eigenvalue weighted by Crippen LogP contribution is 2.33. The average Bonchev–Trinajstić information content (AvgIpc) is 3.20. The molecule has 1 fully saturated rings. The number of nitrogens with zero attached hydrogens (tertiary/aromatic N) is 5. The van der Waals surface area contributed by atoms with Crippen LogP contribution >= 0.6 is 23.1 Å². The van der Waals surface area contributed by atoms with Crippen LogP contribution in [0.15, 0.2) is 10.5 Å². The Morgan fingerprint density at radius 1 is 1.40 bits per heavy atom. The molecule has 0 saturated heterocycles. The predicted molar refractivity (Wildman–Crippen MR) is 97.8 cm³/mol. The largest absolute Gasteiger partial charge is 0.303 e. The van der Waals surface area contributed by atoms with Gasteiger partial charge in [0.2, 0.25) is 0 Å². The molecule has 2 aromatic heterocycles. The fourth-order valence-corrected chi connectivity index (χ4v) is 5.01. The van der Waals surface area contributed by atoms with Gasteiger partial charge in [0.05, 0.1) is 11.8 Å². The highest BCUT2D eigenvalue weighted by atomic mass is 32.2. The third-order valence-corrected chi connectivity index (χ3v) is 6.45. The molecule has 2 aromatic rings. The van der Waals surface area contributed by atoms with Crippen LogP contribution in [0.5, 0.6) is 0 Å². The zero-order valence-corrected chi connectivity index (χ0v) is 16.1. The van der Waals surface area contributed by atoms with E-state index in [1.54, 1.807) is 0 Å². The number of thiazole rings is 1. The second kappa shape index (κ2) is 8.11. The van der Waals surface area contributed by atoms with E-state index < -0.39 is 5.92 Å². The Morgan fingerprint density at radius 2 is 2.16 bits per heavy atom. The molecule has 0 radical (unpaired) electrons. The Labute approximate surface area is 155 Å². The molecule has 0 amide bonds. The molecular formula is C17H21N5OS2. The van der Waals surface area contributed by atoms with Gasteiger partial charge in [0.1, 0.15) is 10.8 Å². The molecule has 8 heteroatoms. The maximum Gasteiger partial charge on any atom is 0.191 e. The third kappa shape index (κ3) is 4.10. The maximum atomic E-state index is 12.5. The van der Waals surface area contributed by atoms with Gasteiger partial charge in [-0.15, -0.1) is 21.5 Å². The zero-order chi connectivity index (χ0) is 17.8. The Bertz CT molecular complexity index is 785. The van der Waals surface area contributed by atoms with E-state index >= 15 is 0 Å². The minimum atomic E-state index is -0.793. The first-order valence-corrected chi connectivity index (χ1v) is 10.4. The van der Waals surface area contributed by atoms with Crippen LogP contribution < -0.4 is 0 Å². The number of hydrogen-bond donors (Lipinski definition) is 0. The zero-order valence-electron chi connectivity index (χ0n) is 14.4. The standard InChI is InChI=1S/C17H21N5OS2/c1-11-9-24-16(19-11)14(8-18)15(23)10-25-17-21-20-12(2)22(17)13-6-4-3-5-7-13/h9,13-14H,3-7,10H2,1-2H3/t14-/m0/s1. The van der Waals surface area contributed by atoms with E-state index in [-0.39, 0.29) is 11.5 Å². The van der Waals surface area contributed by atoms with Crippen LogP contribution in [0.25, 0.3) is 0 Å². The van der Waals surface area contributed by atoms with Crippen molar-refractivity contribution >= 4 is 28.9 Å². The normalized spacial score (nSPS) is 16.5. The van der Waals surface area contributed by atoms with Crippen molar-refractivity contribution in [2.45, 2.75) is 63.1 Å². The van der Waals surface area contributed by atoms with Crippen LogP contribution in [0, 0.1) is 25.2 Å². The molecule has 0 N–H and O–H groups in total. The molecule has 25 heavy (non-hydrogen) atoms. The monoisotopic (exact) mass is 375 g/mol. The summed E-state index contributed by atoms with van der Waals surface area (Å²) >= 11 is 2.75. The van der Waals surface area contributed by atoms with E-state index in [0.29, 0.717) is 11.0 Å². The summed E-state index contributed by atoms with van der Waals surface area (Å²) in [6.45, 7) is 3.83. The Hall–Kier alpha value is -1.72. The van der Waals surface area contributed by atoms with Crippen molar-refractivity contribution in [1.29, 1.82) is 5.26 Å². The number of aryl methyl sites for hydroxylation is 2. The summed E-state index contributed by atoms with van der Waals surface area (Å²) in [5.74, 6) is 0.187. The number of thioether (sulfide) groups is 1. The molecule has 0 unspecified atom stereocenters. The van der Waals surface area contributed by atoms with Crippen molar-refractivity contribution in [2.75, 3.05) is 5.75 Å². The Balaban J connectivity index is 1.69. The van der Waals surface area contributed by atoms with Gasteiger partial charge in [0.15, 0.2) is 16.9 Å². The lowest BCUT2D eigenvalue weighted by molar-refractivity contribution is -0.116. The summed E-state index contributed by atoms with van der Waals surface area (Å²) in [7, 11) is 0. The lowest BCUT2D eigenvalue weighted by atomic mass is 9.95. The molecule has 132 valence electrons. The quantitative estimate of drug-likeness (QED) is 0.714. The first-order chi connectivity index (χ1) is 12.1. The number of carbonyl (C=O) groups excluding carboxylic acids is 1. The van der Waals surface area contributed by atoms with Gasteiger partial charge in [-0.2, -0.15) is 5.26 Å². The van der Waals surface area contributed by atoms with Gasteiger partial charge in [0, 0.05) is 17.1 Å². The van der Waals surface area contributed by atoms with Crippen LogP contribution in [0.1, 0.15) is 60.6 Å². The molecule has 1 saturated carbocycles. The van der Waals surface area contributed by atoms with Crippen molar-refractivity contribution in [3.63, 3.8) is 0 Å². The average molecular weight is 376 g/mol. The first kappa shape index (κ1) is 18.1. The lowest BCUT2D eigenvalue weighted by Gasteiger charge is -2.24. The van der Waals surface area contributed by atoms with E-state index in [1.165, 1.54) is 42.4 Å². The highest BCUT2D eigenvalue weighted by Gasteiger charge is 2.26. The van der Waals surface area contributed by atoms with Gasteiger partial charge in [-0.1, -0.05) is 31.0 Å². The van der Waals surface area contributed by atoms with Crippen LogP contribution in [0.2, 0.25) is 0 Å². The first-order valence-electron chi connectivity index (χ1n) is 8.48. The predicted octanol–water partition coefficient (Wildman–Crippen LogP) is 3.83. The van der Waals surface area contributed by atoms with Crippen molar-refractivity contribution in [3.8, 4) is 6.07 Å². The molecule has 0 aliphatic heterocycles. The smallest absolute Gasteiger partial charge is 0.191 e. The summed E-state index contributed by atoms with van der Waals surface area (Å²) < 4.78 is 2.17. The van der Waals surface area contributed by atoms with E-state index in [0.717, 1.165) is 29.5 Å². The summed E-state index contributed by atoms with van der Waals surface area (Å²) in [6.07, 6.45) is 6.02. The third-order valence-electron chi connectivity index (χ3n) is 4.45. The number of ketones is 1. The van der Waals surface area contributed by atoms with Gasteiger partial charge in [-0.25, -0.2) is 4.98 Å². The van der Waals surface area contributed by atoms with Crippen LogP contribution in [-0.4, -0.2) is 31.3 Å². The molecule has 1 aliphatic carbocycles. The summed E-state index contributed by atoms with van der Waals surface area (Å²) in [5.41, 5.74) is 0.841. The van der Waals surface area contributed by atoms with Crippen LogP contribution in [-0.2, 0) is 4.79 Å². The van der Waals surface area contributed by atoms with Gasteiger partial charge in [-0.05, 0) is 26.7 Å². The highest BCUT2D eigenvalue weighted by molar-refractivity contribution is 7.99. The Kier molecular flexibility index (Phi) is 5.86. The molecule has 0 bridgehead atoms. The minimum absolute atomic E-state index is 0.127. The van der Waals surface area contributed by atoms with E-state index in [9.17, 15) is 10.1 Å². The van der Waals surface area contributed by atoms with Crippen molar-refractivity contribution in [1.82, 2.24) is 19.7 Å². The number of nitriles is 1. The molecule has 0 aromatic carbocycles. The van der Waals surface area contributed by atoms with Crippen LogP contribution in [0.3, 0.4) is 0 Å². The SMILES string of the molecule is Cc1csc([C@@H](C#N)C(=O)CSc2nnc(C)n2C2CCCCC2)n1. The molecule has 2 heterocycles. The summed E-state index contributed by atoms with van der Waals surface area (Å²) in [4.78, 5) is 16.8. The summed E-state index contributed by atoms with van der Waals surface area (Å²) in [6, 6.07) is 2.52. The van der Waals surface area contributed by atoms with Gasteiger partial charge in [-0.3, -0.25) is 4.79 Å². The summed E-state index contributed by atoms with van der Waals surface area (Å²) in [5, 5.41) is 21.1. The van der Waals surface area contributed by atoms with Gasteiger partial charge >= 0.3 is 0 Å². The molecule has 3 rings (SSSR count). The van der Waals surface area contributed by atoms with E-state index in [1.807, 2.05) is 19.2 Å². The van der Waals surface area contributed by atoms with E-state index in [2.05, 4.69) is 25.8 Å². The molecule has 0 spiro atoms. The Morgan fingerprint density at radius 3 is 2.80 bits per heavy atom. The lowest BCUT2D eigenvalue weighted by Crippen LogP contribution is -2.17. The van der Waals surface area contributed by atoms with Crippen molar-refractivity contribution in [3.05, 3.63) is 21.9 Å².